The number of rotatable bonds is 5. The van der Waals surface area contributed by atoms with Gasteiger partial charge in [-0.05, 0) is 26.7 Å². The Balaban J connectivity index is 1.69. The Morgan fingerprint density at radius 3 is 2.56 bits per heavy atom. The number of carbonyl (C=O) groups is 1. The van der Waals surface area contributed by atoms with Crippen molar-refractivity contribution in [1.29, 1.82) is 5.26 Å². The molecule has 1 aromatic carbocycles. The third-order valence-electron chi connectivity index (χ3n) is 5.08. The first kappa shape index (κ1) is 19.4. The van der Waals surface area contributed by atoms with Crippen LogP contribution in [0.2, 0.25) is 0 Å². The average Bonchev–Trinajstić information content (AvgIpc) is 3.03. The maximum absolute atomic E-state index is 12.7. The van der Waals surface area contributed by atoms with Gasteiger partial charge in [-0.25, -0.2) is 0 Å². The highest BCUT2D eigenvalue weighted by atomic mass is 32.2. The predicted octanol–water partition coefficient (Wildman–Crippen LogP) is 3.61. The second kappa shape index (κ2) is 8.13. The van der Waals surface area contributed by atoms with Gasteiger partial charge in [0, 0.05) is 12.6 Å². The van der Waals surface area contributed by atoms with E-state index >= 15 is 0 Å². The summed E-state index contributed by atoms with van der Waals surface area (Å²) in [6, 6.07) is 10.4. The number of thioether (sulfide) groups is 1. The van der Waals surface area contributed by atoms with Crippen molar-refractivity contribution in [3.63, 3.8) is 0 Å². The van der Waals surface area contributed by atoms with Crippen molar-refractivity contribution in [2.45, 2.75) is 61.9 Å². The van der Waals surface area contributed by atoms with Gasteiger partial charge in [0.2, 0.25) is 5.91 Å². The molecule has 6 nitrogen and oxygen atoms in total. The van der Waals surface area contributed by atoms with Crippen molar-refractivity contribution in [3.8, 4) is 17.5 Å². The van der Waals surface area contributed by atoms with E-state index in [9.17, 15) is 10.1 Å². The Morgan fingerprint density at radius 1 is 1.26 bits per heavy atom. The van der Waals surface area contributed by atoms with Crippen molar-refractivity contribution in [1.82, 2.24) is 20.1 Å². The Labute approximate surface area is 164 Å². The minimum Gasteiger partial charge on any atom is -0.337 e. The van der Waals surface area contributed by atoms with Crippen molar-refractivity contribution in [2.75, 3.05) is 0 Å². The SMILES string of the molecule is Cc1ccc(-c2nnc(SC(C)C(=O)NC3(C#N)CCCCC3)n2C)cc1. The number of hydrogen-bond donors (Lipinski definition) is 1. The molecule has 1 aliphatic rings. The maximum atomic E-state index is 12.7. The van der Waals surface area contributed by atoms with Crippen LogP contribution in [0.1, 0.15) is 44.6 Å². The molecule has 1 amide bonds. The Morgan fingerprint density at radius 2 is 1.93 bits per heavy atom. The van der Waals surface area contributed by atoms with Crippen LogP contribution < -0.4 is 5.32 Å². The first-order valence-electron chi connectivity index (χ1n) is 9.30. The molecule has 0 aliphatic heterocycles. The van der Waals surface area contributed by atoms with Gasteiger partial charge in [0.05, 0.1) is 11.3 Å². The van der Waals surface area contributed by atoms with Crippen LogP contribution in [0.3, 0.4) is 0 Å². The first-order chi connectivity index (χ1) is 12.9. The molecule has 1 atom stereocenters. The molecule has 3 rings (SSSR count). The van der Waals surface area contributed by atoms with E-state index in [-0.39, 0.29) is 11.2 Å². The van der Waals surface area contributed by atoms with Gasteiger partial charge in [0.15, 0.2) is 11.0 Å². The van der Waals surface area contributed by atoms with Gasteiger partial charge in [0.25, 0.3) is 0 Å². The highest BCUT2D eigenvalue weighted by molar-refractivity contribution is 8.00. The fraction of sp³-hybridized carbons (Fsp3) is 0.500. The van der Waals surface area contributed by atoms with Crippen molar-refractivity contribution < 1.29 is 4.79 Å². The summed E-state index contributed by atoms with van der Waals surface area (Å²) in [5.74, 6) is 0.647. The normalized spacial score (nSPS) is 17.1. The number of aryl methyl sites for hydroxylation is 1. The Kier molecular flexibility index (Phi) is 5.85. The van der Waals surface area contributed by atoms with Crippen molar-refractivity contribution in [3.05, 3.63) is 29.8 Å². The third kappa shape index (κ3) is 4.33. The smallest absolute Gasteiger partial charge is 0.234 e. The van der Waals surface area contributed by atoms with Gasteiger partial charge in [-0.15, -0.1) is 10.2 Å². The number of nitrogens with one attached hydrogen (secondary N) is 1. The lowest BCUT2D eigenvalue weighted by Gasteiger charge is -2.32. The zero-order valence-electron chi connectivity index (χ0n) is 16.0. The molecule has 1 aromatic heterocycles. The van der Waals surface area contributed by atoms with Crippen LogP contribution >= 0.6 is 11.8 Å². The molecule has 142 valence electrons. The van der Waals surface area contributed by atoms with Gasteiger partial charge >= 0.3 is 0 Å². The summed E-state index contributed by atoms with van der Waals surface area (Å²) in [5.41, 5.74) is 1.47. The van der Waals surface area contributed by atoms with E-state index in [1.807, 2.05) is 49.7 Å². The molecule has 0 bridgehead atoms. The molecule has 7 heteroatoms. The largest absolute Gasteiger partial charge is 0.337 e. The quantitative estimate of drug-likeness (QED) is 0.797. The number of hydrogen-bond acceptors (Lipinski definition) is 5. The minimum atomic E-state index is -0.711. The maximum Gasteiger partial charge on any atom is 0.234 e. The van der Waals surface area contributed by atoms with E-state index < -0.39 is 5.54 Å². The average molecular weight is 384 g/mol. The van der Waals surface area contributed by atoms with Gasteiger partial charge in [-0.1, -0.05) is 60.9 Å². The lowest BCUT2D eigenvalue weighted by Crippen LogP contribution is -2.50. The standard InChI is InChI=1S/C20H25N5OS/c1-14-7-9-16(10-8-14)17-23-24-19(25(17)3)27-15(2)18(26)22-20(13-21)11-5-4-6-12-20/h7-10,15H,4-6,11-12H2,1-3H3,(H,22,26). The molecule has 1 saturated carbocycles. The predicted molar refractivity (Wildman–Crippen MR) is 106 cm³/mol. The summed E-state index contributed by atoms with van der Waals surface area (Å²) < 4.78 is 1.90. The Hall–Kier alpha value is -2.33. The molecule has 0 radical (unpaired) electrons. The molecule has 0 spiro atoms. The number of carbonyl (C=O) groups excluding carboxylic acids is 1. The minimum absolute atomic E-state index is 0.122. The molecule has 1 N–H and O–H groups in total. The lowest BCUT2D eigenvalue weighted by molar-refractivity contribution is -0.121. The third-order valence-corrected chi connectivity index (χ3v) is 6.21. The fourth-order valence-corrected chi connectivity index (χ4v) is 4.16. The second-order valence-electron chi connectivity index (χ2n) is 7.24. The van der Waals surface area contributed by atoms with Crippen LogP contribution in [0.5, 0.6) is 0 Å². The van der Waals surface area contributed by atoms with Gasteiger partial charge in [0.1, 0.15) is 5.54 Å². The number of nitrogens with zero attached hydrogens (tertiary/aromatic N) is 4. The van der Waals surface area contributed by atoms with Crippen LogP contribution in [0, 0.1) is 18.3 Å². The van der Waals surface area contributed by atoms with Gasteiger partial charge in [-0.3, -0.25) is 4.79 Å². The molecule has 0 saturated heterocycles. The molecule has 1 fully saturated rings. The molecule has 1 unspecified atom stereocenters. The highest BCUT2D eigenvalue weighted by Gasteiger charge is 2.35. The van der Waals surface area contributed by atoms with E-state index in [4.69, 9.17) is 0 Å². The van der Waals surface area contributed by atoms with E-state index in [0.717, 1.165) is 43.5 Å². The number of amides is 1. The summed E-state index contributed by atoms with van der Waals surface area (Å²) >= 11 is 1.36. The van der Waals surface area contributed by atoms with Crippen LogP contribution in [-0.4, -0.2) is 31.5 Å². The summed E-state index contributed by atoms with van der Waals surface area (Å²) in [5, 5.41) is 21.4. The summed E-state index contributed by atoms with van der Waals surface area (Å²) in [4.78, 5) is 12.7. The molecule has 1 aliphatic carbocycles. The first-order valence-corrected chi connectivity index (χ1v) is 10.2. The molecule has 2 aromatic rings. The lowest BCUT2D eigenvalue weighted by atomic mass is 9.83. The van der Waals surface area contributed by atoms with E-state index in [0.29, 0.717) is 5.16 Å². The number of benzene rings is 1. The van der Waals surface area contributed by atoms with Crippen molar-refractivity contribution in [2.24, 2.45) is 7.05 Å². The van der Waals surface area contributed by atoms with Crippen LogP contribution in [0.25, 0.3) is 11.4 Å². The molecular formula is C20H25N5OS. The van der Waals surface area contributed by atoms with Crippen LogP contribution in [0.4, 0.5) is 0 Å². The van der Waals surface area contributed by atoms with Crippen molar-refractivity contribution >= 4 is 17.7 Å². The monoisotopic (exact) mass is 383 g/mol. The van der Waals surface area contributed by atoms with Crippen LogP contribution in [-0.2, 0) is 11.8 Å². The van der Waals surface area contributed by atoms with E-state index in [1.54, 1.807) is 0 Å². The number of aromatic nitrogens is 3. The number of nitriles is 1. The summed E-state index contributed by atoms with van der Waals surface area (Å²) in [6.45, 7) is 3.89. The van der Waals surface area contributed by atoms with E-state index in [1.165, 1.54) is 17.3 Å². The van der Waals surface area contributed by atoms with Crippen LogP contribution in [0.15, 0.2) is 29.4 Å². The fourth-order valence-electron chi connectivity index (χ4n) is 3.34. The van der Waals surface area contributed by atoms with E-state index in [2.05, 4.69) is 21.6 Å². The van der Waals surface area contributed by atoms with Gasteiger partial charge < -0.3 is 9.88 Å². The topological polar surface area (TPSA) is 83.6 Å². The Bertz CT molecular complexity index is 846. The molecule has 27 heavy (non-hydrogen) atoms. The zero-order chi connectivity index (χ0) is 19.4. The summed E-state index contributed by atoms with van der Waals surface area (Å²) in [6.07, 6.45) is 4.56. The van der Waals surface area contributed by atoms with Gasteiger partial charge in [-0.2, -0.15) is 5.26 Å². The molecular weight excluding hydrogens is 358 g/mol. The summed E-state index contributed by atoms with van der Waals surface area (Å²) in [7, 11) is 1.90. The zero-order valence-corrected chi connectivity index (χ0v) is 16.8. The highest BCUT2D eigenvalue weighted by Crippen LogP contribution is 2.30. The second-order valence-corrected chi connectivity index (χ2v) is 8.54. The molecule has 1 heterocycles.